The second-order valence-corrected chi connectivity index (χ2v) is 5.58. The quantitative estimate of drug-likeness (QED) is 0.637. The zero-order valence-electron chi connectivity index (χ0n) is 10.4. The molecule has 0 saturated carbocycles. The van der Waals surface area contributed by atoms with Gasteiger partial charge >= 0.3 is 0 Å². The number of nitrogens with two attached hydrogens (primary N) is 1. The van der Waals surface area contributed by atoms with Gasteiger partial charge in [-0.2, -0.15) is 9.40 Å². The van der Waals surface area contributed by atoms with Crippen LogP contribution in [0, 0.1) is 0 Å². The van der Waals surface area contributed by atoms with Crippen molar-refractivity contribution in [2.45, 2.75) is 4.90 Å². The SMILES string of the molecule is COCCN(CCO)S(=O)(=O)c1cn(C)nc1N. The molecule has 104 valence electrons. The normalized spacial score (nSPS) is 12.2. The van der Waals surface area contributed by atoms with Gasteiger partial charge < -0.3 is 15.6 Å². The molecule has 1 heterocycles. The maximum absolute atomic E-state index is 12.3. The van der Waals surface area contributed by atoms with Crippen molar-refractivity contribution in [3.05, 3.63) is 6.20 Å². The number of anilines is 1. The van der Waals surface area contributed by atoms with Crippen LogP contribution < -0.4 is 5.73 Å². The van der Waals surface area contributed by atoms with Crippen LogP contribution in [0.3, 0.4) is 0 Å². The van der Waals surface area contributed by atoms with E-state index in [1.807, 2.05) is 0 Å². The Kier molecular flexibility index (Phi) is 5.08. The van der Waals surface area contributed by atoms with E-state index in [4.69, 9.17) is 15.6 Å². The van der Waals surface area contributed by atoms with E-state index in [1.54, 1.807) is 7.05 Å². The Hall–Kier alpha value is -1.16. The number of nitrogens with zero attached hydrogens (tertiary/aromatic N) is 3. The van der Waals surface area contributed by atoms with Crippen LogP contribution in [0.25, 0.3) is 0 Å². The second kappa shape index (κ2) is 6.14. The van der Waals surface area contributed by atoms with E-state index < -0.39 is 10.0 Å². The van der Waals surface area contributed by atoms with Crippen LogP contribution in [0.5, 0.6) is 0 Å². The number of aliphatic hydroxyl groups excluding tert-OH is 1. The predicted molar refractivity (Wildman–Crippen MR) is 65.3 cm³/mol. The van der Waals surface area contributed by atoms with E-state index in [0.29, 0.717) is 0 Å². The Morgan fingerprint density at radius 2 is 2.22 bits per heavy atom. The summed E-state index contributed by atoms with van der Waals surface area (Å²) in [6.45, 7) is 0.0935. The van der Waals surface area contributed by atoms with E-state index in [-0.39, 0.29) is 37.0 Å². The van der Waals surface area contributed by atoms with Crippen molar-refractivity contribution in [1.29, 1.82) is 0 Å². The van der Waals surface area contributed by atoms with Gasteiger partial charge in [0.05, 0.1) is 13.2 Å². The number of methoxy groups -OCH3 is 1. The lowest BCUT2D eigenvalue weighted by Crippen LogP contribution is -2.36. The van der Waals surface area contributed by atoms with Crippen molar-refractivity contribution >= 4 is 15.8 Å². The van der Waals surface area contributed by atoms with E-state index in [9.17, 15) is 8.42 Å². The number of aliphatic hydroxyl groups is 1. The van der Waals surface area contributed by atoms with Crippen LogP contribution in [-0.2, 0) is 21.8 Å². The molecule has 0 aliphatic carbocycles. The molecular weight excluding hydrogens is 260 g/mol. The molecule has 0 aliphatic heterocycles. The third-order valence-electron chi connectivity index (χ3n) is 2.33. The maximum Gasteiger partial charge on any atom is 0.248 e. The number of nitrogen functional groups attached to an aromatic ring is 1. The van der Waals surface area contributed by atoms with Gasteiger partial charge in [0.1, 0.15) is 4.90 Å². The van der Waals surface area contributed by atoms with Crippen LogP contribution >= 0.6 is 0 Å². The van der Waals surface area contributed by atoms with Gasteiger partial charge in [0, 0.05) is 33.4 Å². The van der Waals surface area contributed by atoms with E-state index in [2.05, 4.69) is 5.10 Å². The van der Waals surface area contributed by atoms with Crippen LogP contribution in [0.2, 0.25) is 0 Å². The number of hydrogen-bond acceptors (Lipinski definition) is 6. The molecule has 1 aromatic heterocycles. The van der Waals surface area contributed by atoms with Gasteiger partial charge in [0.25, 0.3) is 0 Å². The lowest BCUT2D eigenvalue weighted by atomic mass is 10.6. The summed E-state index contributed by atoms with van der Waals surface area (Å²) < 4.78 is 31.9. The minimum atomic E-state index is -3.76. The highest BCUT2D eigenvalue weighted by Gasteiger charge is 2.27. The Morgan fingerprint density at radius 1 is 1.56 bits per heavy atom. The van der Waals surface area contributed by atoms with Gasteiger partial charge in [0.2, 0.25) is 10.0 Å². The standard InChI is InChI=1S/C9H18N4O4S/c1-12-7-8(9(10)11-12)18(15,16)13(3-5-14)4-6-17-2/h7,14H,3-6H2,1-2H3,(H2,10,11). The van der Waals surface area contributed by atoms with E-state index in [0.717, 1.165) is 4.31 Å². The summed E-state index contributed by atoms with van der Waals surface area (Å²) in [5, 5.41) is 12.7. The molecule has 18 heavy (non-hydrogen) atoms. The first kappa shape index (κ1) is 14.9. The summed E-state index contributed by atoms with van der Waals surface area (Å²) in [5.74, 6) is -0.0575. The third-order valence-corrected chi connectivity index (χ3v) is 4.25. The van der Waals surface area contributed by atoms with Crippen LogP contribution in [0.1, 0.15) is 0 Å². The fraction of sp³-hybridized carbons (Fsp3) is 0.667. The molecule has 8 nitrogen and oxygen atoms in total. The number of aryl methyl sites for hydroxylation is 1. The van der Waals surface area contributed by atoms with Crippen molar-refractivity contribution in [2.24, 2.45) is 7.05 Å². The molecule has 0 bridgehead atoms. The highest BCUT2D eigenvalue weighted by molar-refractivity contribution is 7.89. The Balaban J connectivity index is 3.04. The molecule has 9 heteroatoms. The number of hydrogen-bond donors (Lipinski definition) is 2. The first-order valence-corrected chi connectivity index (χ1v) is 6.76. The molecule has 1 rings (SSSR count). The van der Waals surface area contributed by atoms with Crippen molar-refractivity contribution in [3.8, 4) is 0 Å². The molecule has 0 amide bonds. The first-order valence-electron chi connectivity index (χ1n) is 5.32. The summed E-state index contributed by atoms with van der Waals surface area (Å²) in [6.07, 6.45) is 1.34. The lowest BCUT2D eigenvalue weighted by molar-refractivity contribution is 0.168. The fourth-order valence-corrected chi connectivity index (χ4v) is 2.98. The first-order chi connectivity index (χ1) is 8.43. The smallest absolute Gasteiger partial charge is 0.248 e. The predicted octanol–water partition coefficient (Wildman–Crippen LogP) is -1.37. The summed E-state index contributed by atoms with van der Waals surface area (Å²) in [6, 6.07) is 0. The van der Waals surface area contributed by atoms with Gasteiger partial charge in [0.15, 0.2) is 5.82 Å². The van der Waals surface area contributed by atoms with Gasteiger partial charge in [-0.15, -0.1) is 0 Å². The molecule has 1 aromatic rings. The zero-order valence-corrected chi connectivity index (χ0v) is 11.2. The average Bonchev–Trinajstić information content (AvgIpc) is 2.64. The molecular formula is C9H18N4O4S. The molecule has 0 unspecified atom stereocenters. The van der Waals surface area contributed by atoms with E-state index in [1.165, 1.54) is 18.0 Å². The highest BCUT2D eigenvalue weighted by Crippen LogP contribution is 2.20. The van der Waals surface area contributed by atoms with Crippen LogP contribution in [0.15, 0.2) is 11.1 Å². The molecule has 0 saturated heterocycles. The van der Waals surface area contributed by atoms with Crippen LogP contribution in [-0.4, -0.2) is 61.0 Å². The lowest BCUT2D eigenvalue weighted by Gasteiger charge is -2.20. The molecule has 3 N–H and O–H groups in total. The number of rotatable bonds is 7. The van der Waals surface area contributed by atoms with E-state index >= 15 is 0 Å². The van der Waals surface area contributed by atoms with Crippen molar-refractivity contribution in [2.75, 3.05) is 39.1 Å². The summed E-state index contributed by atoms with van der Waals surface area (Å²) in [5.41, 5.74) is 5.56. The molecule has 0 atom stereocenters. The Labute approximate surface area is 106 Å². The highest BCUT2D eigenvalue weighted by atomic mass is 32.2. The maximum atomic E-state index is 12.3. The number of ether oxygens (including phenoxy) is 1. The molecule has 0 radical (unpaired) electrons. The average molecular weight is 278 g/mol. The largest absolute Gasteiger partial charge is 0.395 e. The fourth-order valence-electron chi connectivity index (χ4n) is 1.48. The topological polar surface area (TPSA) is 111 Å². The van der Waals surface area contributed by atoms with Gasteiger partial charge in [-0.3, -0.25) is 4.68 Å². The van der Waals surface area contributed by atoms with Crippen molar-refractivity contribution in [1.82, 2.24) is 14.1 Å². The van der Waals surface area contributed by atoms with Crippen molar-refractivity contribution < 1.29 is 18.3 Å². The Morgan fingerprint density at radius 3 is 2.67 bits per heavy atom. The van der Waals surface area contributed by atoms with Gasteiger partial charge in [-0.25, -0.2) is 8.42 Å². The Bertz CT molecular complexity index is 485. The summed E-state index contributed by atoms with van der Waals surface area (Å²) in [4.78, 5) is -0.0606. The number of aromatic nitrogens is 2. The molecule has 0 spiro atoms. The molecule has 0 aliphatic rings. The summed E-state index contributed by atoms with van der Waals surface area (Å²) in [7, 11) is -0.702. The third kappa shape index (κ3) is 3.19. The second-order valence-electron chi connectivity index (χ2n) is 3.67. The van der Waals surface area contributed by atoms with Gasteiger partial charge in [-0.1, -0.05) is 0 Å². The summed E-state index contributed by atoms with van der Waals surface area (Å²) >= 11 is 0. The minimum Gasteiger partial charge on any atom is -0.395 e. The van der Waals surface area contributed by atoms with Crippen molar-refractivity contribution in [3.63, 3.8) is 0 Å². The number of sulfonamides is 1. The molecule has 0 aromatic carbocycles. The van der Waals surface area contributed by atoms with Crippen LogP contribution in [0.4, 0.5) is 5.82 Å². The monoisotopic (exact) mass is 278 g/mol. The minimum absolute atomic E-state index is 0.0139. The van der Waals surface area contributed by atoms with Gasteiger partial charge in [-0.05, 0) is 0 Å². The zero-order chi connectivity index (χ0) is 13.8. The molecule has 0 fully saturated rings.